The molecular formula is C23H24F2N6O5S. The summed E-state index contributed by atoms with van der Waals surface area (Å²) >= 11 is 0. The van der Waals surface area contributed by atoms with Gasteiger partial charge in [-0.15, -0.1) is 0 Å². The minimum atomic E-state index is -3.30. The number of rotatable bonds is 5. The number of amides is 1. The molecule has 0 bridgehead atoms. The van der Waals surface area contributed by atoms with E-state index in [2.05, 4.69) is 29.8 Å². The van der Waals surface area contributed by atoms with Crippen LogP contribution in [0.5, 0.6) is 5.75 Å². The van der Waals surface area contributed by atoms with Crippen LogP contribution in [0.25, 0.3) is 22.8 Å². The lowest BCUT2D eigenvalue weighted by atomic mass is 9.90. The molecule has 3 heterocycles. The van der Waals surface area contributed by atoms with Crippen LogP contribution in [0.2, 0.25) is 0 Å². The van der Waals surface area contributed by atoms with Crippen molar-refractivity contribution in [2.75, 3.05) is 26.6 Å². The summed E-state index contributed by atoms with van der Waals surface area (Å²) in [6.07, 6.45) is 1.43. The quantitative estimate of drug-likeness (QED) is 0.503. The van der Waals surface area contributed by atoms with E-state index in [4.69, 9.17) is 9.26 Å². The van der Waals surface area contributed by atoms with Crippen molar-refractivity contribution in [3.05, 3.63) is 48.0 Å². The number of halogens is 2. The molecule has 1 aliphatic rings. The van der Waals surface area contributed by atoms with Crippen molar-refractivity contribution >= 4 is 21.7 Å². The van der Waals surface area contributed by atoms with Gasteiger partial charge in [-0.2, -0.15) is 0 Å². The largest absolute Gasteiger partial charge is 0.494 e. The third-order valence-corrected chi connectivity index (χ3v) is 9.47. The van der Waals surface area contributed by atoms with Crippen molar-refractivity contribution in [3.8, 4) is 28.6 Å². The van der Waals surface area contributed by atoms with Gasteiger partial charge in [-0.1, -0.05) is 5.16 Å². The van der Waals surface area contributed by atoms with Crippen molar-refractivity contribution in [1.29, 1.82) is 0 Å². The molecule has 1 aliphatic heterocycles. The molecule has 11 nitrogen and oxygen atoms in total. The number of nitrogens with one attached hydrogen (secondary N) is 1. The number of methoxy groups -OCH3 is 1. The minimum Gasteiger partial charge on any atom is -0.494 e. The Kier molecular flexibility index (Phi) is 6.71. The number of nitrogens with zero attached hydrogens (tertiary/aromatic N) is 5. The number of amidine groups is 1. The van der Waals surface area contributed by atoms with Gasteiger partial charge >= 0.3 is 6.09 Å². The van der Waals surface area contributed by atoms with E-state index >= 15 is 4.39 Å². The molecule has 3 aromatic rings. The highest BCUT2D eigenvalue weighted by atomic mass is 32.2. The highest BCUT2D eigenvalue weighted by Crippen LogP contribution is 2.41. The third kappa shape index (κ3) is 4.52. The van der Waals surface area contributed by atoms with E-state index in [1.165, 1.54) is 58.6 Å². The van der Waals surface area contributed by atoms with E-state index in [1.54, 1.807) is 0 Å². The van der Waals surface area contributed by atoms with Crippen LogP contribution in [0.1, 0.15) is 19.4 Å². The SMILES string of the molecule is CN=[S@@]1(=O)C[C@@](CF)(c2cc(-c3cc(-c4ncc(OC)cn4)no3)ccc2F)N=C(NC(=O)O)C1(C)C. The van der Waals surface area contributed by atoms with Crippen molar-refractivity contribution in [3.63, 3.8) is 0 Å². The number of aromatic nitrogens is 3. The van der Waals surface area contributed by atoms with Crippen LogP contribution in [0.3, 0.4) is 0 Å². The molecule has 4 rings (SSSR count). The highest BCUT2D eigenvalue weighted by Gasteiger charge is 2.51. The molecule has 196 valence electrons. The second kappa shape index (κ2) is 9.50. The van der Waals surface area contributed by atoms with Gasteiger partial charge in [-0.25, -0.2) is 32.1 Å². The predicted octanol–water partition coefficient (Wildman–Crippen LogP) is 3.67. The van der Waals surface area contributed by atoms with Crippen LogP contribution in [-0.4, -0.2) is 67.7 Å². The maximum absolute atomic E-state index is 15.2. The summed E-state index contributed by atoms with van der Waals surface area (Å²) in [6.45, 7) is 1.72. The van der Waals surface area contributed by atoms with E-state index in [0.29, 0.717) is 17.0 Å². The number of ether oxygens (including phenoxy) is 1. The standard InChI is InChI=1S/C23H24F2N6O5S/c1-22(2)20(29-21(32)33)30-23(11-24,12-37(22,34)26-3)15-7-13(5-6-16(15)25)18-8-17(31-36-18)19-27-9-14(35-4)10-28-19/h5-10H,11-12H2,1-4H3,(H,29,30)(H,32,33)/t23-,37+/m0/s1. The molecule has 0 radical (unpaired) electrons. The van der Waals surface area contributed by atoms with E-state index in [9.17, 15) is 18.5 Å². The molecule has 2 N–H and O–H groups in total. The van der Waals surface area contributed by atoms with Gasteiger partial charge in [-0.05, 0) is 32.0 Å². The first-order chi connectivity index (χ1) is 17.5. The van der Waals surface area contributed by atoms with Gasteiger partial charge in [0.25, 0.3) is 0 Å². The summed E-state index contributed by atoms with van der Waals surface area (Å²) in [4.78, 5) is 24.0. The van der Waals surface area contributed by atoms with Crippen molar-refractivity contribution < 1.29 is 32.2 Å². The maximum Gasteiger partial charge on any atom is 0.410 e. The van der Waals surface area contributed by atoms with Crippen LogP contribution < -0.4 is 10.1 Å². The van der Waals surface area contributed by atoms with E-state index < -0.39 is 44.4 Å². The first-order valence-corrected chi connectivity index (χ1v) is 12.6. The second-order valence-corrected chi connectivity index (χ2v) is 11.7. The van der Waals surface area contributed by atoms with Crippen molar-refractivity contribution in [1.82, 2.24) is 20.4 Å². The van der Waals surface area contributed by atoms with E-state index in [1.807, 2.05) is 0 Å². The van der Waals surface area contributed by atoms with Gasteiger partial charge in [0.15, 0.2) is 23.0 Å². The second-order valence-electron chi connectivity index (χ2n) is 8.75. The Hall–Kier alpha value is -3.94. The molecule has 2 atom stereocenters. The molecule has 2 aromatic heterocycles. The number of hydrogen-bond donors (Lipinski definition) is 2. The summed E-state index contributed by atoms with van der Waals surface area (Å²) < 4.78 is 56.9. The fraction of sp³-hybridized carbons (Fsp3) is 0.348. The predicted molar refractivity (Wildman–Crippen MR) is 131 cm³/mol. The van der Waals surface area contributed by atoms with E-state index in [0.717, 1.165) is 6.07 Å². The molecule has 14 heteroatoms. The highest BCUT2D eigenvalue weighted by molar-refractivity contribution is 7.95. The fourth-order valence-corrected chi connectivity index (χ4v) is 6.28. The first-order valence-electron chi connectivity index (χ1n) is 10.9. The lowest BCUT2D eigenvalue weighted by Gasteiger charge is -2.41. The van der Waals surface area contributed by atoms with Crippen molar-refractivity contribution in [2.24, 2.45) is 9.36 Å². The Morgan fingerprint density at radius 3 is 2.59 bits per heavy atom. The van der Waals surface area contributed by atoms with Gasteiger partial charge in [-0.3, -0.25) is 10.3 Å². The van der Waals surface area contributed by atoms with Gasteiger partial charge in [0, 0.05) is 24.2 Å². The van der Waals surface area contributed by atoms with Crippen LogP contribution in [-0.2, 0) is 15.3 Å². The van der Waals surface area contributed by atoms with Gasteiger partial charge in [0.1, 0.15) is 28.6 Å². The molecule has 1 aromatic carbocycles. The van der Waals surface area contributed by atoms with Crippen molar-refractivity contribution in [2.45, 2.75) is 24.1 Å². The van der Waals surface area contributed by atoms with Gasteiger partial charge < -0.3 is 14.4 Å². The zero-order valence-electron chi connectivity index (χ0n) is 20.4. The summed E-state index contributed by atoms with van der Waals surface area (Å²) in [7, 11) is -0.529. The summed E-state index contributed by atoms with van der Waals surface area (Å²) in [5, 5.41) is 15.4. The molecule has 0 saturated heterocycles. The topological polar surface area (TPSA) is 152 Å². The Morgan fingerprint density at radius 1 is 1.30 bits per heavy atom. The van der Waals surface area contributed by atoms with Gasteiger partial charge in [0.05, 0.1) is 35.0 Å². The Labute approximate surface area is 211 Å². The zero-order chi connectivity index (χ0) is 27.0. The number of aliphatic imine (C=N–C) groups is 1. The maximum atomic E-state index is 15.2. The van der Waals surface area contributed by atoms with E-state index in [-0.39, 0.29) is 23.0 Å². The number of hydrogen-bond acceptors (Lipinski definition) is 9. The number of alkyl halides is 1. The molecule has 0 spiro atoms. The lowest BCUT2D eigenvalue weighted by molar-refractivity contribution is 0.199. The summed E-state index contributed by atoms with van der Waals surface area (Å²) in [5.74, 6) is -0.651. The average molecular weight is 535 g/mol. The summed E-state index contributed by atoms with van der Waals surface area (Å²) in [6, 6.07) is 5.33. The molecule has 0 fully saturated rings. The Morgan fingerprint density at radius 2 is 2.00 bits per heavy atom. The summed E-state index contributed by atoms with van der Waals surface area (Å²) in [5.41, 5.74) is -1.62. The number of carbonyl (C=O) groups is 1. The van der Waals surface area contributed by atoms with Gasteiger partial charge in [0.2, 0.25) is 0 Å². The minimum absolute atomic E-state index is 0.203. The monoisotopic (exact) mass is 534 g/mol. The average Bonchev–Trinajstić information content (AvgIpc) is 3.37. The molecule has 0 aliphatic carbocycles. The van der Waals surface area contributed by atoms with Crippen LogP contribution in [0, 0.1) is 5.82 Å². The first kappa shape index (κ1) is 26.1. The smallest absolute Gasteiger partial charge is 0.410 e. The zero-order valence-corrected chi connectivity index (χ0v) is 21.2. The fourth-order valence-electron chi connectivity index (χ4n) is 3.99. The molecule has 1 amide bonds. The van der Waals surface area contributed by atoms with Crippen LogP contribution >= 0.6 is 0 Å². The van der Waals surface area contributed by atoms with Crippen LogP contribution in [0.4, 0.5) is 13.6 Å². The third-order valence-electron chi connectivity index (χ3n) is 6.22. The number of benzene rings is 1. The Balaban J connectivity index is 1.83. The Bertz CT molecular complexity index is 1500. The normalized spacial score (nSPS) is 22.7. The molecule has 0 saturated carbocycles. The van der Waals surface area contributed by atoms with Crippen LogP contribution in [0.15, 0.2) is 50.5 Å². The molecule has 37 heavy (non-hydrogen) atoms. The molecule has 0 unspecified atom stereocenters. The molecular weight excluding hydrogens is 510 g/mol. The lowest BCUT2D eigenvalue weighted by Crippen LogP contribution is -2.58. The number of carboxylic acid groups (broad SMARTS) is 1.